The minimum Gasteiger partial charge on any atom is -1.00 e. The fourth-order valence-corrected chi connectivity index (χ4v) is 3.34. The molecule has 1 fully saturated rings. The first-order chi connectivity index (χ1) is 6.80. The molecule has 0 aromatic heterocycles. The lowest BCUT2D eigenvalue weighted by atomic mass is 9.91. The van der Waals surface area contributed by atoms with E-state index in [2.05, 4.69) is 31.3 Å². The zero-order chi connectivity index (χ0) is 9.60. The van der Waals surface area contributed by atoms with Crippen LogP contribution in [0, 0.1) is 0 Å². The molecule has 1 nitrogen and oxygen atoms in total. The fraction of sp³-hybridized carbons (Fsp3) is 0.538. The molecule has 3 rings (SSSR count). The van der Waals surface area contributed by atoms with E-state index in [1.54, 1.807) is 11.1 Å². The summed E-state index contributed by atoms with van der Waals surface area (Å²) in [6, 6.07) is 9.86. The summed E-state index contributed by atoms with van der Waals surface area (Å²) in [6.45, 7) is 2.74. The summed E-state index contributed by atoms with van der Waals surface area (Å²) in [5.41, 5.74) is 3.24. The van der Waals surface area contributed by atoms with Crippen molar-refractivity contribution in [2.75, 3.05) is 20.1 Å². The van der Waals surface area contributed by atoms with Gasteiger partial charge in [0.25, 0.3) is 0 Å². The van der Waals surface area contributed by atoms with Crippen LogP contribution in [-0.2, 0) is 6.42 Å². The van der Waals surface area contributed by atoms with Gasteiger partial charge in [0.1, 0.15) is 6.04 Å². The first-order valence-corrected chi connectivity index (χ1v) is 5.72. The highest BCUT2D eigenvalue weighted by Crippen LogP contribution is 2.42. The van der Waals surface area contributed by atoms with Crippen LogP contribution in [0.1, 0.15) is 30.0 Å². The molecule has 0 amide bonds. The Morgan fingerprint density at radius 2 is 2.00 bits per heavy atom. The standard InChI is InChI=1S/C13H18N.HI/c1-14-9-4-7-13(14)12-6-3-2-5-11(12)8-10-14;/h2-3,5-6,13H,4,7-10H2,1H3;1H/q+1;/p-1. The molecular weight excluding hydrogens is 297 g/mol. The van der Waals surface area contributed by atoms with E-state index in [9.17, 15) is 0 Å². The van der Waals surface area contributed by atoms with Crippen LogP contribution in [-0.4, -0.2) is 24.6 Å². The van der Waals surface area contributed by atoms with Crippen molar-refractivity contribution in [3.63, 3.8) is 0 Å². The van der Waals surface area contributed by atoms with E-state index in [4.69, 9.17) is 0 Å². The van der Waals surface area contributed by atoms with Crippen molar-refractivity contribution in [2.45, 2.75) is 25.3 Å². The Bertz CT molecular complexity index is 363. The molecular formula is C13H18IN. The highest BCUT2D eigenvalue weighted by atomic mass is 127. The molecule has 0 spiro atoms. The van der Waals surface area contributed by atoms with Gasteiger partial charge >= 0.3 is 0 Å². The van der Waals surface area contributed by atoms with Crippen LogP contribution in [0.4, 0.5) is 0 Å². The topological polar surface area (TPSA) is 0 Å². The van der Waals surface area contributed by atoms with E-state index in [0.29, 0.717) is 0 Å². The van der Waals surface area contributed by atoms with Crippen LogP contribution in [0.2, 0.25) is 0 Å². The van der Waals surface area contributed by atoms with Crippen LogP contribution in [0.5, 0.6) is 0 Å². The fourth-order valence-electron chi connectivity index (χ4n) is 3.34. The summed E-state index contributed by atoms with van der Waals surface area (Å²) in [7, 11) is 2.44. The van der Waals surface area contributed by atoms with Crippen molar-refractivity contribution in [2.24, 2.45) is 0 Å². The number of hydrogen-bond donors (Lipinski definition) is 0. The highest BCUT2D eigenvalue weighted by molar-refractivity contribution is 5.31. The Hall–Kier alpha value is -0.0900. The molecule has 15 heavy (non-hydrogen) atoms. The molecule has 0 aliphatic carbocycles. The Balaban J connectivity index is 0.000000853. The Kier molecular flexibility index (Phi) is 3.08. The second kappa shape index (κ2) is 4.06. The SMILES string of the molecule is C[N+]12CCCC1c1ccccc1CC2.[I-]. The van der Waals surface area contributed by atoms with Crippen molar-refractivity contribution in [1.82, 2.24) is 0 Å². The van der Waals surface area contributed by atoms with Crippen molar-refractivity contribution >= 4 is 0 Å². The van der Waals surface area contributed by atoms with E-state index < -0.39 is 0 Å². The summed E-state index contributed by atoms with van der Waals surface area (Å²) >= 11 is 0. The lowest BCUT2D eigenvalue weighted by Gasteiger charge is -2.40. The molecule has 0 bridgehead atoms. The maximum atomic E-state index is 2.44. The third-order valence-corrected chi connectivity index (χ3v) is 4.20. The summed E-state index contributed by atoms with van der Waals surface area (Å²) in [4.78, 5) is 0. The van der Waals surface area contributed by atoms with Gasteiger partial charge in [-0.25, -0.2) is 0 Å². The average Bonchev–Trinajstić information content (AvgIpc) is 2.60. The second-order valence-electron chi connectivity index (χ2n) is 5.03. The normalized spacial score (nSPS) is 32.7. The number of halogens is 1. The third-order valence-electron chi connectivity index (χ3n) is 4.20. The van der Waals surface area contributed by atoms with E-state index in [1.807, 2.05) is 0 Å². The number of benzene rings is 1. The average molecular weight is 315 g/mol. The summed E-state index contributed by atoms with van der Waals surface area (Å²) in [5, 5.41) is 0. The maximum Gasteiger partial charge on any atom is 0.115 e. The van der Waals surface area contributed by atoms with Crippen LogP contribution >= 0.6 is 0 Å². The van der Waals surface area contributed by atoms with Gasteiger partial charge in [-0.2, -0.15) is 0 Å². The van der Waals surface area contributed by atoms with Crippen LogP contribution in [0.25, 0.3) is 0 Å². The molecule has 82 valence electrons. The lowest BCUT2D eigenvalue weighted by molar-refractivity contribution is -0.928. The minimum atomic E-state index is 0. The molecule has 2 atom stereocenters. The minimum absolute atomic E-state index is 0. The van der Waals surface area contributed by atoms with Crippen molar-refractivity contribution in [3.05, 3.63) is 35.4 Å². The maximum absolute atomic E-state index is 2.44. The summed E-state index contributed by atoms with van der Waals surface area (Å²) in [5.74, 6) is 0. The molecule has 1 aromatic carbocycles. The van der Waals surface area contributed by atoms with Gasteiger partial charge < -0.3 is 28.5 Å². The molecule has 1 aromatic rings. The van der Waals surface area contributed by atoms with Crippen molar-refractivity contribution < 1.29 is 28.5 Å². The number of nitrogens with zero attached hydrogens (tertiary/aromatic N) is 1. The van der Waals surface area contributed by atoms with E-state index in [1.165, 1.54) is 36.8 Å². The highest BCUT2D eigenvalue weighted by Gasteiger charge is 2.42. The monoisotopic (exact) mass is 315 g/mol. The lowest BCUT2D eigenvalue weighted by Crippen LogP contribution is -3.00. The zero-order valence-electron chi connectivity index (χ0n) is 9.25. The smallest absolute Gasteiger partial charge is 0.115 e. The molecule has 2 aliphatic rings. The first-order valence-electron chi connectivity index (χ1n) is 5.72. The quantitative estimate of drug-likeness (QED) is 0.449. The molecule has 0 saturated carbocycles. The molecule has 0 radical (unpaired) electrons. The van der Waals surface area contributed by atoms with E-state index >= 15 is 0 Å². The third kappa shape index (κ3) is 1.72. The Morgan fingerprint density at radius 1 is 1.20 bits per heavy atom. The summed E-state index contributed by atoms with van der Waals surface area (Å²) in [6.07, 6.45) is 4.09. The number of hydrogen-bond acceptors (Lipinski definition) is 0. The Labute approximate surface area is 109 Å². The van der Waals surface area contributed by atoms with Gasteiger partial charge in [0.05, 0.1) is 20.1 Å². The largest absolute Gasteiger partial charge is 1.00 e. The van der Waals surface area contributed by atoms with Gasteiger partial charge in [-0.15, -0.1) is 0 Å². The molecule has 2 heterocycles. The Morgan fingerprint density at radius 3 is 2.87 bits per heavy atom. The molecule has 1 saturated heterocycles. The van der Waals surface area contributed by atoms with Gasteiger partial charge in [-0.05, 0) is 5.56 Å². The van der Waals surface area contributed by atoms with Gasteiger partial charge in [0.15, 0.2) is 0 Å². The van der Waals surface area contributed by atoms with Crippen LogP contribution in [0.3, 0.4) is 0 Å². The first kappa shape index (κ1) is 11.4. The zero-order valence-corrected chi connectivity index (χ0v) is 11.4. The van der Waals surface area contributed by atoms with Crippen LogP contribution in [0.15, 0.2) is 24.3 Å². The predicted octanol–water partition coefficient (Wildman–Crippen LogP) is -0.472. The van der Waals surface area contributed by atoms with Gasteiger partial charge in [0.2, 0.25) is 0 Å². The van der Waals surface area contributed by atoms with Gasteiger partial charge in [-0.3, -0.25) is 0 Å². The molecule has 2 unspecified atom stereocenters. The van der Waals surface area contributed by atoms with Gasteiger partial charge in [0, 0.05) is 24.8 Å². The second-order valence-corrected chi connectivity index (χ2v) is 5.03. The number of likely N-dealkylation sites (N-methyl/N-ethyl adjacent to an activating group) is 1. The predicted molar refractivity (Wildman–Crippen MR) is 58.0 cm³/mol. The van der Waals surface area contributed by atoms with Crippen LogP contribution < -0.4 is 24.0 Å². The summed E-state index contributed by atoms with van der Waals surface area (Å²) < 4.78 is 1.30. The van der Waals surface area contributed by atoms with Crippen molar-refractivity contribution in [1.29, 1.82) is 0 Å². The number of quaternary nitrogens is 1. The number of rotatable bonds is 0. The molecule has 2 aliphatic heterocycles. The molecule has 0 N–H and O–H groups in total. The van der Waals surface area contributed by atoms with Gasteiger partial charge in [-0.1, -0.05) is 24.3 Å². The van der Waals surface area contributed by atoms with E-state index in [0.717, 1.165) is 6.04 Å². The van der Waals surface area contributed by atoms with Crippen molar-refractivity contribution in [3.8, 4) is 0 Å². The number of fused-ring (bicyclic) bond motifs is 3. The molecule has 2 heteroatoms. The van der Waals surface area contributed by atoms with E-state index in [-0.39, 0.29) is 24.0 Å².